The van der Waals surface area contributed by atoms with Gasteiger partial charge in [-0.15, -0.1) is 43.7 Å². The fourth-order valence-electron chi connectivity index (χ4n) is 10.4. The quantitative estimate of drug-likeness (QED) is 0.00496. The van der Waals surface area contributed by atoms with E-state index >= 15 is 0 Å². The number of carbonyl (C=O) groups is 1. The van der Waals surface area contributed by atoms with Crippen LogP contribution >= 0.6 is 36.1 Å². The van der Waals surface area contributed by atoms with Crippen molar-refractivity contribution in [3.63, 3.8) is 0 Å². The topological polar surface area (TPSA) is 554 Å². The van der Waals surface area contributed by atoms with Crippen LogP contribution in [0.1, 0.15) is 22.3 Å². The fraction of sp³-hybridized carbons (Fsp3) is 0.0781. The van der Waals surface area contributed by atoms with E-state index in [2.05, 4.69) is 81.2 Å². The Morgan fingerprint density at radius 3 is 1.73 bits per heavy atom. The van der Waals surface area contributed by atoms with Crippen molar-refractivity contribution in [3.05, 3.63) is 163 Å². The maximum Gasteiger partial charge on any atom is 0.335 e. The van der Waals surface area contributed by atoms with Gasteiger partial charge in [0, 0.05) is 69.9 Å². The van der Waals surface area contributed by atoms with E-state index in [0.717, 1.165) is 24.3 Å². The third kappa shape index (κ3) is 18.1. The van der Waals surface area contributed by atoms with Gasteiger partial charge in [0.05, 0.1) is 95.3 Å². The molecule has 0 amide bonds. The molecule has 0 aliphatic carbocycles. The van der Waals surface area contributed by atoms with Gasteiger partial charge >= 0.3 is 5.97 Å². The molecule has 552 valence electrons. The van der Waals surface area contributed by atoms with Crippen molar-refractivity contribution >= 4 is 189 Å². The molecule has 0 atom stereocenters. The van der Waals surface area contributed by atoms with Crippen LogP contribution in [0.25, 0.3) is 43.1 Å². The standard InChI is InChI=1S/C64H50N12O25S6/c1-31-19-49(52(95-17-4-18-102-99-96-83)30-48(31)70-72-50-27-41(105(86,87)88)21-35-22-42(106(89,90)91)28-51(77)56(35)50)71-76-60-55(107(92,93)94)24-34-20-39(13-14-43(34)61(60)78)68-73-57-46-29-54(104-101-98-85)59(62(79)44(46)15-16-47(57)65-2)75-69-40-12-9-33-23-53(103-100-97-84)58(63(80)45(33)26-40)74-67-38-6-3-5-37(25-38)66-36-10-7-32(8-11-36)64(81)82/h3,5-16,19-30,65-66,77-80,83-85H,4,17-18H2,1-2H3,(H,81,82)(H,86,87,88)(H,89,90,91)(H,92,93,94). The molecule has 0 aromatic heterocycles. The zero-order valence-electron chi connectivity index (χ0n) is 54.1. The molecule has 0 saturated heterocycles. The Morgan fingerprint density at radius 1 is 0.486 bits per heavy atom. The number of rotatable bonds is 30. The summed E-state index contributed by atoms with van der Waals surface area (Å²) < 4.78 is 125. The van der Waals surface area contributed by atoms with Crippen LogP contribution in [0.5, 0.6) is 28.7 Å². The number of carboxylic acid groups (broad SMARTS) is 1. The highest BCUT2D eigenvalue weighted by atomic mass is 32.2. The highest BCUT2D eigenvalue weighted by Gasteiger charge is 2.26. The zero-order valence-corrected chi connectivity index (χ0v) is 59.0. The Balaban J connectivity index is 0.895. The number of phenols is 4. The molecule has 11 rings (SSSR count). The Morgan fingerprint density at radius 2 is 1.07 bits per heavy atom. The number of hydrogen-bond donors (Lipinski definition) is 13. The molecule has 0 saturated carbocycles. The van der Waals surface area contributed by atoms with Crippen molar-refractivity contribution in [2.24, 2.45) is 51.1 Å². The molecule has 0 radical (unpaired) electrons. The van der Waals surface area contributed by atoms with Crippen LogP contribution in [-0.4, -0.2) is 106 Å². The van der Waals surface area contributed by atoms with Crippen LogP contribution in [0.2, 0.25) is 0 Å². The second-order valence-corrected chi connectivity index (χ2v) is 28.5. The van der Waals surface area contributed by atoms with E-state index in [4.69, 9.17) is 23.9 Å². The summed E-state index contributed by atoms with van der Waals surface area (Å²) in [6.07, 6.45) is 0.216. The van der Waals surface area contributed by atoms with Crippen molar-refractivity contribution in [1.82, 2.24) is 0 Å². The molecule has 13 N–H and O–H groups in total. The molecular formula is C64H50N12O25S6. The fourth-order valence-corrected chi connectivity index (χ4v) is 13.4. The van der Waals surface area contributed by atoms with E-state index < -0.39 is 85.4 Å². The first-order valence-electron chi connectivity index (χ1n) is 29.9. The summed E-state index contributed by atoms with van der Waals surface area (Å²) >= 11 is 1.62. The summed E-state index contributed by atoms with van der Waals surface area (Å²) in [7, 11) is -13.6. The molecule has 43 heteroatoms. The zero-order chi connectivity index (χ0) is 76.5. The van der Waals surface area contributed by atoms with E-state index in [1.807, 2.05) is 0 Å². The number of aryl methyl sites for hydroxylation is 1. The number of nitrogens with zero attached hydrogens (tertiary/aromatic N) is 10. The number of carboxylic acids is 1. The number of phenolic OH excluding ortho intramolecular Hbond substituents is 4. The van der Waals surface area contributed by atoms with Gasteiger partial charge in [-0.3, -0.25) is 13.7 Å². The molecule has 37 nitrogen and oxygen atoms in total. The largest absolute Gasteiger partial charge is 0.507 e. The number of hydrogen-bond acceptors (Lipinski definition) is 36. The van der Waals surface area contributed by atoms with Crippen LogP contribution in [0.15, 0.2) is 227 Å². The minimum atomic E-state index is -5.26. The number of azo groups is 5. The molecule has 0 heterocycles. The molecular weight excluding hydrogens is 1530 g/mol. The van der Waals surface area contributed by atoms with Gasteiger partial charge in [0.25, 0.3) is 30.4 Å². The lowest BCUT2D eigenvalue weighted by Gasteiger charge is -2.13. The summed E-state index contributed by atoms with van der Waals surface area (Å²) in [5, 5.41) is 143. The van der Waals surface area contributed by atoms with Crippen molar-refractivity contribution in [3.8, 4) is 28.7 Å². The SMILES string of the molecule is CNc1ccc2c(O)c(N=Nc3ccc4cc(SOOO)c(N=Nc5cccc(Nc6ccc(C(=O)O)cc6)c5)c(O)c4c3)c(SOOO)cc2c1N=Nc1ccc2c(O)c(N=Nc3cc(C)c(N=Nc4cc(S(=O)(=O)O)cc5cc(S(=O)(=O)O)cc(O)c45)cc3OCCCSOOO)c(S(=O)(=O)O)cc2c1. The second-order valence-electron chi connectivity index (χ2n) is 22.0. The number of fused-ring (bicyclic) bond motifs is 4. The van der Waals surface area contributed by atoms with Crippen molar-refractivity contribution in [1.29, 1.82) is 0 Å². The van der Waals surface area contributed by atoms with Crippen LogP contribution in [-0.2, 0) is 58.5 Å². The number of ether oxygens (including phenoxy) is 1. The molecule has 107 heavy (non-hydrogen) atoms. The summed E-state index contributed by atoms with van der Waals surface area (Å²) in [5.41, 5.74) is 0.735. The van der Waals surface area contributed by atoms with Gasteiger partial charge < -0.3 is 40.9 Å². The molecule has 0 fully saturated rings. The van der Waals surface area contributed by atoms with Crippen molar-refractivity contribution in [2.75, 3.05) is 30.0 Å². The van der Waals surface area contributed by atoms with Crippen molar-refractivity contribution in [2.45, 2.75) is 37.8 Å². The molecule has 0 aliphatic heterocycles. The molecule has 0 spiro atoms. The van der Waals surface area contributed by atoms with E-state index in [1.54, 1.807) is 61.6 Å². The van der Waals surface area contributed by atoms with Gasteiger partial charge in [-0.1, -0.05) is 27.2 Å². The Bertz CT molecular complexity index is 5860. The normalized spacial score (nSPS) is 12.4. The lowest BCUT2D eigenvalue weighted by molar-refractivity contribution is -0.432. The minimum absolute atomic E-state index is 0.0156. The second kappa shape index (κ2) is 33.2. The van der Waals surface area contributed by atoms with Gasteiger partial charge in [-0.25, -0.2) is 20.6 Å². The Hall–Kier alpha value is -11.1. The van der Waals surface area contributed by atoms with Gasteiger partial charge in [0.1, 0.15) is 44.8 Å². The summed E-state index contributed by atoms with van der Waals surface area (Å²) in [6, 6.07) is 34.1. The van der Waals surface area contributed by atoms with E-state index in [0.29, 0.717) is 70.3 Å². The van der Waals surface area contributed by atoms with E-state index in [9.17, 15) is 74.5 Å². The van der Waals surface area contributed by atoms with Crippen LogP contribution < -0.4 is 15.4 Å². The lowest BCUT2D eigenvalue weighted by atomic mass is 10.1. The highest BCUT2D eigenvalue weighted by Crippen LogP contribution is 2.51. The number of benzene rings is 11. The predicted molar refractivity (Wildman–Crippen MR) is 385 cm³/mol. The monoisotopic (exact) mass is 1580 g/mol. The van der Waals surface area contributed by atoms with Gasteiger partial charge in [0.15, 0.2) is 17.2 Å². The first-order chi connectivity index (χ1) is 51.1. The third-order valence-corrected chi connectivity index (χ3v) is 19.6. The molecule has 0 aliphatic rings. The number of anilines is 3. The molecule has 11 aromatic rings. The third-order valence-electron chi connectivity index (χ3n) is 15.3. The summed E-state index contributed by atoms with van der Waals surface area (Å²) in [6.45, 7) is 1.38. The smallest absolute Gasteiger partial charge is 0.335 e. The first-order valence-corrected chi connectivity index (χ1v) is 36.6. The molecule has 0 bridgehead atoms. The molecule has 0 unspecified atom stereocenters. The van der Waals surface area contributed by atoms with Crippen LogP contribution in [0, 0.1) is 6.92 Å². The maximum absolute atomic E-state index is 13.2. The average molecular weight is 1580 g/mol. The van der Waals surface area contributed by atoms with Crippen molar-refractivity contribution < 1.29 is 118 Å². The van der Waals surface area contributed by atoms with Crippen LogP contribution in [0.4, 0.5) is 73.9 Å². The molecule has 11 aromatic carbocycles. The summed E-state index contributed by atoms with van der Waals surface area (Å²) in [4.78, 5) is 8.92. The minimum Gasteiger partial charge on any atom is -0.507 e. The average Bonchev–Trinajstić information content (AvgIpc) is 0.778. The van der Waals surface area contributed by atoms with Gasteiger partial charge in [-0.2, -0.15) is 45.7 Å². The maximum atomic E-state index is 13.2. The van der Waals surface area contributed by atoms with Gasteiger partial charge in [0.2, 0.25) is 0 Å². The van der Waals surface area contributed by atoms with E-state index in [1.165, 1.54) is 73.7 Å². The van der Waals surface area contributed by atoms with Crippen LogP contribution in [0.3, 0.4) is 0 Å². The summed E-state index contributed by atoms with van der Waals surface area (Å²) in [5.74, 6) is -3.51. The van der Waals surface area contributed by atoms with Gasteiger partial charge in [-0.05, 0) is 162 Å². The lowest BCUT2D eigenvalue weighted by Crippen LogP contribution is -2.00. The van der Waals surface area contributed by atoms with E-state index in [-0.39, 0.29) is 123 Å². The predicted octanol–water partition coefficient (Wildman–Crippen LogP) is 18.4. The Kier molecular flexibility index (Phi) is 23.9. The highest BCUT2D eigenvalue weighted by molar-refractivity contribution is 7.95. The number of nitrogens with one attached hydrogen (secondary N) is 2. The number of aromatic carboxylic acids is 1. The first kappa shape index (κ1) is 77.1. The number of aromatic hydroxyl groups is 4. The Labute approximate surface area is 614 Å².